The van der Waals surface area contributed by atoms with E-state index in [0.717, 1.165) is 57.1 Å². The van der Waals surface area contributed by atoms with Crippen molar-refractivity contribution in [1.82, 2.24) is 15.2 Å². The van der Waals surface area contributed by atoms with Gasteiger partial charge in [-0.1, -0.05) is 0 Å². The first-order valence-electron chi connectivity index (χ1n) is 9.40. The van der Waals surface area contributed by atoms with Crippen LogP contribution < -0.4 is 10.1 Å². The van der Waals surface area contributed by atoms with Gasteiger partial charge in [0.1, 0.15) is 0 Å². The average Bonchev–Trinajstić information content (AvgIpc) is 2.67. The van der Waals surface area contributed by atoms with Gasteiger partial charge < -0.3 is 24.4 Å². The topological polar surface area (TPSA) is 68.2 Å². The fourth-order valence-corrected chi connectivity index (χ4v) is 2.99. The second kappa shape index (κ2) is 11.7. The highest BCUT2D eigenvalue weighted by atomic mass is 16.5. The molecular formula is C19H32N4O3. The Labute approximate surface area is 156 Å². The summed E-state index contributed by atoms with van der Waals surface area (Å²) in [4.78, 5) is 10.9. The average molecular weight is 364 g/mol. The van der Waals surface area contributed by atoms with Gasteiger partial charge in [-0.2, -0.15) is 0 Å². The Morgan fingerprint density at radius 2 is 2.15 bits per heavy atom. The maximum atomic E-state index is 5.92. The molecule has 0 aliphatic carbocycles. The highest BCUT2D eigenvalue weighted by molar-refractivity contribution is 5.79. The van der Waals surface area contributed by atoms with Crippen LogP contribution in [0.2, 0.25) is 0 Å². The number of rotatable bonds is 9. The molecule has 7 heteroatoms. The summed E-state index contributed by atoms with van der Waals surface area (Å²) in [5, 5.41) is 3.43. The van der Waals surface area contributed by atoms with Crippen molar-refractivity contribution in [2.24, 2.45) is 4.99 Å². The fraction of sp³-hybridized carbons (Fsp3) is 0.684. The number of aromatic nitrogens is 1. The first-order chi connectivity index (χ1) is 12.8. The molecule has 0 radical (unpaired) electrons. The van der Waals surface area contributed by atoms with Crippen LogP contribution in [0.3, 0.4) is 0 Å². The zero-order valence-electron chi connectivity index (χ0n) is 16.2. The summed E-state index contributed by atoms with van der Waals surface area (Å²) < 4.78 is 16.4. The number of hydrogen-bond acceptors (Lipinski definition) is 5. The van der Waals surface area contributed by atoms with Crippen LogP contribution in [-0.4, -0.2) is 69.0 Å². The molecule has 1 N–H and O–H groups in total. The second-order valence-electron chi connectivity index (χ2n) is 6.24. The molecule has 26 heavy (non-hydrogen) atoms. The SMILES string of the molecule is CCOc1cc(CNC(=NC)N2CCC(OCCCOC)CC2)ccn1. The van der Waals surface area contributed by atoms with E-state index < -0.39 is 0 Å². The van der Waals surface area contributed by atoms with Gasteiger partial charge in [-0.05, 0) is 37.8 Å². The van der Waals surface area contributed by atoms with Gasteiger partial charge in [0.2, 0.25) is 5.88 Å². The molecule has 1 aliphatic heterocycles. The third-order valence-corrected chi connectivity index (χ3v) is 4.34. The highest BCUT2D eigenvalue weighted by Gasteiger charge is 2.21. The van der Waals surface area contributed by atoms with Crippen LogP contribution in [0.1, 0.15) is 31.7 Å². The minimum atomic E-state index is 0.343. The van der Waals surface area contributed by atoms with Crippen molar-refractivity contribution in [2.75, 3.05) is 47.1 Å². The number of guanidine groups is 1. The third-order valence-electron chi connectivity index (χ3n) is 4.34. The van der Waals surface area contributed by atoms with Crippen LogP contribution >= 0.6 is 0 Å². The number of ether oxygens (including phenoxy) is 3. The molecule has 1 aliphatic rings. The smallest absolute Gasteiger partial charge is 0.213 e. The summed E-state index contributed by atoms with van der Waals surface area (Å²) in [6, 6.07) is 3.95. The Balaban J connectivity index is 1.75. The van der Waals surface area contributed by atoms with E-state index in [4.69, 9.17) is 14.2 Å². The molecule has 0 aromatic carbocycles. The fourth-order valence-electron chi connectivity index (χ4n) is 2.99. The van der Waals surface area contributed by atoms with Gasteiger partial charge in [0.05, 0.1) is 12.7 Å². The predicted molar refractivity (Wildman–Crippen MR) is 103 cm³/mol. The first-order valence-corrected chi connectivity index (χ1v) is 9.40. The Hall–Kier alpha value is -1.86. The summed E-state index contributed by atoms with van der Waals surface area (Å²) in [5.41, 5.74) is 1.13. The van der Waals surface area contributed by atoms with E-state index in [1.165, 1.54) is 0 Å². The Bertz CT molecular complexity index is 545. The van der Waals surface area contributed by atoms with Crippen molar-refractivity contribution in [1.29, 1.82) is 0 Å². The molecular weight excluding hydrogens is 332 g/mol. The number of piperidine rings is 1. The number of nitrogens with one attached hydrogen (secondary N) is 1. The zero-order valence-corrected chi connectivity index (χ0v) is 16.2. The van der Waals surface area contributed by atoms with Gasteiger partial charge in [0.15, 0.2) is 5.96 Å². The lowest BCUT2D eigenvalue weighted by molar-refractivity contribution is 0.00989. The number of aliphatic imine (C=N–C) groups is 1. The molecule has 2 heterocycles. The lowest BCUT2D eigenvalue weighted by Gasteiger charge is -2.34. The van der Waals surface area contributed by atoms with Crippen molar-refractivity contribution in [2.45, 2.75) is 38.8 Å². The van der Waals surface area contributed by atoms with Crippen LogP contribution in [0.25, 0.3) is 0 Å². The molecule has 0 bridgehead atoms. The summed E-state index contributed by atoms with van der Waals surface area (Å²) >= 11 is 0. The van der Waals surface area contributed by atoms with Crippen LogP contribution in [0, 0.1) is 0 Å². The molecule has 7 nitrogen and oxygen atoms in total. The highest BCUT2D eigenvalue weighted by Crippen LogP contribution is 2.15. The summed E-state index contributed by atoms with van der Waals surface area (Å²) in [6.45, 7) is 6.71. The van der Waals surface area contributed by atoms with Gasteiger partial charge in [-0.25, -0.2) is 4.98 Å². The Morgan fingerprint density at radius 1 is 1.35 bits per heavy atom. The molecule has 1 aromatic heterocycles. The van der Waals surface area contributed by atoms with E-state index in [-0.39, 0.29) is 0 Å². The molecule has 0 unspecified atom stereocenters. The first kappa shape index (κ1) is 20.5. The maximum absolute atomic E-state index is 5.92. The summed E-state index contributed by atoms with van der Waals surface area (Å²) in [5.74, 6) is 1.59. The molecule has 0 spiro atoms. The Kier molecular flexibility index (Phi) is 9.20. The molecule has 2 rings (SSSR count). The number of pyridine rings is 1. The van der Waals surface area contributed by atoms with Crippen molar-refractivity contribution in [3.63, 3.8) is 0 Å². The quantitative estimate of drug-likeness (QED) is 0.411. The van der Waals surface area contributed by atoms with E-state index in [1.54, 1.807) is 13.3 Å². The van der Waals surface area contributed by atoms with E-state index in [2.05, 4.69) is 20.2 Å². The van der Waals surface area contributed by atoms with Crippen LogP contribution in [0.15, 0.2) is 23.3 Å². The van der Waals surface area contributed by atoms with E-state index >= 15 is 0 Å². The van der Waals surface area contributed by atoms with Crippen molar-refractivity contribution in [3.8, 4) is 5.88 Å². The predicted octanol–water partition coefficient (Wildman–Crippen LogP) is 2.07. The van der Waals surface area contributed by atoms with Crippen LogP contribution in [0.4, 0.5) is 0 Å². The van der Waals surface area contributed by atoms with E-state index in [1.807, 2.05) is 26.1 Å². The van der Waals surface area contributed by atoms with Crippen molar-refractivity contribution < 1.29 is 14.2 Å². The molecule has 1 fully saturated rings. The van der Waals surface area contributed by atoms with Crippen LogP contribution in [-0.2, 0) is 16.0 Å². The van der Waals surface area contributed by atoms with Gasteiger partial charge >= 0.3 is 0 Å². The minimum absolute atomic E-state index is 0.343. The zero-order chi connectivity index (χ0) is 18.6. The van der Waals surface area contributed by atoms with Gasteiger partial charge in [-0.3, -0.25) is 4.99 Å². The molecule has 0 saturated carbocycles. The number of methoxy groups -OCH3 is 1. The maximum Gasteiger partial charge on any atom is 0.213 e. The van der Waals surface area contributed by atoms with E-state index in [9.17, 15) is 0 Å². The molecule has 0 atom stereocenters. The van der Waals surface area contributed by atoms with Gasteiger partial charge in [-0.15, -0.1) is 0 Å². The van der Waals surface area contributed by atoms with Gasteiger partial charge in [0, 0.05) is 59.3 Å². The Morgan fingerprint density at radius 3 is 2.85 bits per heavy atom. The van der Waals surface area contributed by atoms with E-state index in [0.29, 0.717) is 25.1 Å². The normalized spacial score (nSPS) is 16.0. The molecule has 1 aromatic rings. The summed E-state index contributed by atoms with van der Waals surface area (Å²) in [7, 11) is 3.55. The molecule has 146 valence electrons. The monoisotopic (exact) mass is 364 g/mol. The van der Waals surface area contributed by atoms with Crippen molar-refractivity contribution >= 4 is 5.96 Å². The lowest BCUT2D eigenvalue weighted by atomic mass is 10.1. The van der Waals surface area contributed by atoms with Crippen molar-refractivity contribution in [3.05, 3.63) is 23.9 Å². The third kappa shape index (κ3) is 6.80. The summed E-state index contributed by atoms with van der Waals surface area (Å²) in [6.07, 6.45) is 5.12. The molecule has 0 amide bonds. The standard InChI is InChI=1S/C19H32N4O3/c1-4-25-18-14-16(6-9-21-18)15-22-19(20-2)23-10-7-17(8-11-23)26-13-5-12-24-3/h6,9,14,17H,4-5,7-8,10-13,15H2,1-3H3,(H,20,22). The number of hydrogen-bond donors (Lipinski definition) is 1. The number of likely N-dealkylation sites (tertiary alicyclic amines) is 1. The number of nitrogens with zero attached hydrogens (tertiary/aromatic N) is 3. The van der Waals surface area contributed by atoms with Crippen LogP contribution in [0.5, 0.6) is 5.88 Å². The minimum Gasteiger partial charge on any atom is -0.478 e. The lowest BCUT2D eigenvalue weighted by Crippen LogP contribution is -2.46. The largest absolute Gasteiger partial charge is 0.478 e. The van der Waals surface area contributed by atoms with Gasteiger partial charge in [0.25, 0.3) is 0 Å². The molecule has 1 saturated heterocycles. The second-order valence-corrected chi connectivity index (χ2v) is 6.24.